The van der Waals surface area contributed by atoms with Gasteiger partial charge < -0.3 is 4.74 Å². The van der Waals surface area contributed by atoms with Crippen LogP contribution in [0.15, 0.2) is 24.8 Å². The topological polar surface area (TPSA) is 26.3 Å². The number of alkyl halides is 1. The largest absolute Gasteiger partial charge is 0.462 e. The highest BCUT2D eigenvalue weighted by Gasteiger charge is 2.58. The van der Waals surface area contributed by atoms with Crippen LogP contribution in [0.3, 0.4) is 0 Å². The van der Waals surface area contributed by atoms with Gasteiger partial charge in [-0.3, -0.25) is 0 Å². The highest BCUT2D eigenvalue weighted by molar-refractivity contribution is 6.17. The van der Waals surface area contributed by atoms with Crippen LogP contribution in [0.4, 0.5) is 0 Å². The van der Waals surface area contributed by atoms with E-state index in [9.17, 15) is 4.79 Å². The Morgan fingerprint density at radius 3 is 1.94 bits per heavy atom. The molecule has 0 radical (unpaired) electrons. The first-order valence-corrected chi connectivity index (χ1v) is 15.7. The van der Waals surface area contributed by atoms with E-state index >= 15 is 0 Å². The maximum Gasteiger partial charge on any atom is 0.333 e. The summed E-state index contributed by atoms with van der Waals surface area (Å²) >= 11 is 6.43. The minimum Gasteiger partial charge on any atom is -0.462 e. The summed E-state index contributed by atoms with van der Waals surface area (Å²) in [6.45, 7) is 24.7. The molecule has 0 amide bonds. The van der Waals surface area contributed by atoms with Crippen LogP contribution >= 0.6 is 11.6 Å². The summed E-state index contributed by atoms with van der Waals surface area (Å²) in [5.41, 5.74) is 0.715. The minimum absolute atomic E-state index is 0.00724. The molecular weight excluding hydrogens is 464 g/mol. The molecule has 0 aliphatic carbocycles. The van der Waals surface area contributed by atoms with Crippen LogP contribution in [0.25, 0.3) is 0 Å². The molecule has 3 unspecified atom stereocenters. The van der Waals surface area contributed by atoms with E-state index in [2.05, 4.69) is 60.8 Å². The van der Waals surface area contributed by atoms with Gasteiger partial charge in [-0.1, -0.05) is 92.7 Å². The van der Waals surface area contributed by atoms with Crippen molar-refractivity contribution in [1.82, 2.24) is 0 Å². The molecule has 0 aliphatic rings. The van der Waals surface area contributed by atoms with E-state index in [1.807, 2.05) is 0 Å². The number of rotatable bonds is 23. The molecule has 0 bridgehead atoms. The number of carbonyl (C=O) groups excluding carboxylic acids is 1. The monoisotopic (exact) mass is 524 g/mol. The Bertz CT molecular complexity index is 623. The Balaban J connectivity index is 6.91. The van der Waals surface area contributed by atoms with Gasteiger partial charge in [-0.25, -0.2) is 4.79 Å². The van der Waals surface area contributed by atoms with Gasteiger partial charge in [-0.15, -0.1) is 18.2 Å². The zero-order chi connectivity index (χ0) is 27.7. The van der Waals surface area contributed by atoms with Gasteiger partial charge in [0.25, 0.3) is 0 Å². The second kappa shape index (κ2) is 18.5. The first kappa shape index (κ1) is 35.2. The van der Waals surface area contributed by atoms with Crippen molar-refractivity contribution in [2.24, 2.45) is 22.2 Å². The molecule has 0 aromatic rings. The summed E-state index contributed by atoms with van der Waals surface area (Å²) in [4.78, 5) is 12.1. The standard InChI is InChI=1S/C33H61ClO2/c1-10-16-18-22-29(21-17-11-2)32(24-19-26-34,25-20-27-36-30(35)28(7)8)33(15-6,23-12-3)31(9,13-4)14-5/h15,29H,6-7,10-14,16-27H2,1-5,8-9H3. The van der Waals surface area contributed by atoms with Gasteiger partial charge in [0.1, 0.15) is 0 Å². The molecule has 3 atom stereocenters. The lowest BCUT2D eigenvalue weighted by molar-refractivity contribution is -0.140. The molecule has 0 N–H and O–H groups in total. The molecule has 3 heteroatoms. The van der Waals surface area contributed by atoms with E-state index in [1.54, 1.807) is 6.92 Å². The molecule has 0 aliphatic heterocycles. The average Bonchev–Trinajstić information content (AvgIpc) is 2.88. The number of carbonyl (C=O) groups is 1. The van der Waals surface area contributed by atoms with Crippen LogP contribution in [-0.4, -0.2) is 18.5 Å². The number of hydrogen-bond donors (Lipinski definition) is 0. The van der Waals surface area contributed by atoms with E-state index in [1.165, 1.54) is 44.9 Å². The lowest BCUT2D eigenvalue weighted by Gasteiger charge is -2.62. The third-order valence-corrected chi connectivity index (χ3v) is 9.74. The zero-order valence-electron chi connectivity index (χ0n) is 25.3. The Hall–Kier alpha value is -0.760. The van der Waals surface area contributed by atoms with E-state index in [0.29, 0.717) is 24.0 Å². The fourth-order valence-corrected chi connectivity index (χ4v) is 7.30. The molecule has 2 nitrogen and oxygen atoms in total. The van der Waals surface area contributed by atoms with Crippen molar-refractivity contribution in [3.8, 4) is 0 Å². The fourth-order valence-electron chi connectivity index (χ4n) is 7.17. The molecule has 0 spiro atoms. The molecule has 36 heavy (non-hydrogen) atoms. The summed E-state index contributed by atoms with van der Waals surface area (Å²) in [5, 5.41) is 0. The number of hydrogen-bond acceptors (Lipinski definition) is 2. The number of allylic oxidation sites excluding steroid dienone is 1. The first-order chi connectivity index (χ1) is 17.1. The molecule has 0 heterocycles. The van der Waals surface area contributed by atoms with Gasteiger partial charge in [0.05, 0.1) is 6.61 Å². The number of esters is 1. The summed E-state index contributed by atoms with van der Waals surface area (Å²) < 4.78 is 5.62. The number of unbranched alkanes of at least 4 members (excludes halogenated alkanes) is 3. The van der Waals surface area contributed by atoms with Crippen LogP contribution in [-0.2, 0) is 9.53 Å². The van der Waals surface area contributed by atoms with E-state index in [4.69, 9.17) is 16.3 Å². The van der Waals surface area contributed by atoms with Crippen LogP contribution in [0, 0.1) is 22.2 Å². The molecular formula is C33H61ClO2. The zero-order valence-corrected chi connectivity index (χ0v) is 26.0. The number of ether oxygens (including phenoxy) is 1. The molecule has 0 aromatic heterocycles. The van der Waals surface area contributed by atoms with Crippen molar-refractivity contribution in [3.63, 3.8) is 0 Å². The molecule has 0 fully saturated rings. The van der Waals surface area contributed by atoms with E-state index < -0.39 is 0 Å². The van der Waals surface area contributed by atoms with Crippen LogP contribution in [0.1, 0.15) is 145 Å². The average molecular weight is 525 g/mol. The van der Waals surface area contributed by atoms with Crippen molar-refractivity contribution >= 4 is 17.6 Å². The normalized spacial score (nSPS) is 16.1. The van der Waals surface area contributed by atoms with Crippen molar-refractivity contribution < 1.29 is 9.53 Å². The maximum absolute atomic E-state index is 12.1. The molecule has 212 valence electrons. The Kier molecular flexibility index (Phi) is 18.1. The van der Waals surface area contributed by atoms with Gasteiger partial charge in [-0.05, 0) is 86.9 Å². The Morgan fingerprint density at radius 2 is 1.47 bits per heavy atom. The summed E-state index contributed by atoms with van der Waals surface area (Å²) in [7, 11) is 0. The second-order valence-corrected chi connectivity index (χ2v) is 11.9. The lowest BCUT2D eigenvalue weighted by atomic mass is 9.42. The fraction of sp³-hybridized carbons (Fsp3) is 0.848. The Labute approximate surface area is 231 Å². The minimum atomic E-state index is -0.276. The van der Waals surface area contributed by atoms with Gasteiger partial charge in [0.2, 0.25) is 0 Å². The second-order valence-electron chi connectivity index (χ2n) is 11.5. The van der Waals surface area contributed by atoms with Crippen molar-refractivity contribution in [1.29, 1.82) is 0 Å². The molecule has 0 saturated carbocycles. The third-order valence-electron chi connectivity index (χ3n) is 9.47. The van der Waals surface area contributed by atoms with Gasteiger partial charge >= 0.3 is 5.97 Å². The highest BCUT2D eigenvalue weighted by Crippen LogP contribution is 2.66. The van der Waals surface area contributed by atoms with Gasteiger partial charge in [0, 0.05) is 11.5 Å². The van der Waals surface area contributed by atoms with E-state index in [-0.39, 0.29) is 22.2 Å². The maximum atomic E-state index is 12.1. The van der Waals surface area contributed by atoms with Crippen molar-refractivity contribution in [2.75, 3.05) is 12.5 Å². The predicted molar refractivity (Wildman–Crippen MR) is 161 cm³/mol. The molecule has 0 saturated heterocycles. The van der Waals surface area contributed by atoms with E-state index in [0.717, 1.165) is 51.4 Å². The predicted octanol–water partition coefficient (Wildman–Crippen LogP) is 11.1. The SMILES string of the molecule is C=CC(CCC)(C(C)(CC)CC)C(CCCCl)(CCCOC(=O)C(=C)C)C(CCCC)CCCCC. The Morgan fingerprint density at radius 1 is 0.889 bits per heavy atom. The first-order valence-electron chi connectivity index (χ1n) is 15.2. The molecule has 0 rings (SSSR count). The lowest BCUT2D eigenvalue weighted by Crippen LogP contribution is -2.55. The van der Waals surface area contributed by atoms with Crippen molar-refractivity contribution in [3.05, 3.63) is 24.8 Å². The smallest absolute Gasteiger partial charge is 0.333 e. The molecule has 0 aromatic carbocycles. The van der Waals surface area contributed by atoms with Crippen molar-refractivity contribution in [2.45, 2.75) is 145 Å². The van der Waals surface area contributed by atoms with Gasteiger partial charge in [-0.2, -0.15) is 0 Å². The summed E-state index contributed by atoms with van der Waals surface area (Å²) in [6.07, 6.45) is 19.9. The van der Waals surface area contributed by atoms with Crippen LogP contribution < -0.4 is 0 Å². The van der Waals surface area contributed by atoms with Crippen LogP contribution in [0.2, 0.25) is 0 Å². The van der Waals surface area contributed by atoms with Gasteiger partial charge in [0.15, 0.2) is 0 Å². The number of halogens is 1. The quantitative estimate of drug-likeness (QED) is 0.0436. The highest BCUT2D eigenvalue weighted by atomic mass is 35.5. The summed E-state index contributed by atoms with van der Waals surface area (Å²) in [5.74, 6) is 1.03. The van der Waals surface area contributed by atoms with Crippen LogP contribution in [0.5, 0.6) is 0 Å². The third kappa shape index (κ3) is 8.92. The summed E-state index contributed by atoms with van der Waals surface area (Å²) in [6, 6.07) is 0.